The van der Waals surface area contributed by atoms with Crippen molar-refractivity contribution in [2.24, 2.45) is 0 Å². The molecule has 0 radical (unpaired) electrons. The quantitative estimate of drug-likeness (QED) is 0.434. The topological polar surface area (TPSA) is 70.7 Å². The van der Waals surface area contributed by atoms with Gasteiger partial charge in [0.25, 0.3) is 0 Å². The molecule has 0 saturated carbocycles. The number of ether oxygens (including phenoxy) is 1. The molecule has 0 atom stereocenters. The molecule has 0 unspecified atom stereocenters. The van der Waals surface area contributed by atoms with Gasteiger partial charge >= 0.3 is 6.55 Å². The van der Waals surface area contributed by atoms with Crippen LogP contribution in [0.1, 0.15) is 19.3 Å². The maximum Gasteiger partial charge on any atom is 0.320 e. The zero-order valence-corrected chi connectivity index (χ0v) is 15.7. The Morgan fingerprint density at radius 2 is 1.89 bits per heavy atom. The molecule has 28 heavy (non-hydrogen) atoms. The molecule has 10 heteroatoms. The van der Waals surface area contributed by atoms with Gasteiger partial charge in [-0.25, -0.2) is 4.98 Å². The summed E-state index contributed by atoms with van der Waals surface area (Å²) in [4.78, 5) is 4.34. The van der Waals surface area contributed by atoms with E-state index >= 15 is 0 Å². The van der Waals surface area contributed by atoms with Crippen molar-refractivity contribution in [3.63, 3.8) is 0 Å². The van der Waals surface area contributed by atoms with E-state index in [1.807, 2.05) is 31.2 Å². The van der Waals surface area contributed by atoms with Crippen molar-refractivity contribution < 1.29 is 13.5 Å². The van der Waals surface area contributed by atoms with Gasteiger partial charge in [-0.3, -0.25) is 4.57 Å². The molecule has 2 aromatic heterocycles. The molecule has 0 aliphatic carbocycles. The van der Waals surface area contributed by atoms with Crippen molar-refractivity contribution in [2.75, 3.05) is 6.61 Å². The summed E-state index contributed by atoms with van der Waals surface area (Å²) in [6, 6.07) is 14.2. The fourth-order valence-corrected chi connectivity index (χ4v) is 3.69. The first-order valence-electron chi connectivity index (χ1n) is 8.56. The third-order valence-corrected chi connectivity index (χ3v) is 4.94. The van der Waals surface area contributed by atoms with Crippen LogP contribution in [-0.4, -0.2) is 36.4 Å². The van der Waals surface area contributed by atoms with Crippen LogP contribution in [0.2, 0.25) is 0 Å². The highest BCUT2D eigenvalue weighted by Gasteiger charge is 2.19. The van der Waals surface area contributed by atoms with Gasteiger partial charge in [-0.15, -0.1) is 5.10 Å². The van der Waals surface area contributed by atoms with Crippen molar-refractivity contribution in [3.05, 3.63) is 54.4 Å². The van der Waals surface area contributed by atoms with Crippen LogP contribution in [-0.2, 0) is 5.75 Å². The second-order valence-corrected chi connectivity index (χ2v) is 6.67. The average Bonchev–Trinajstić information content (AvgIpc) is 3.31. The minimum Gasteiger partial charge on any atom is -0.492 e. The number of alkyl halides is 2. The summed E-state index contributed by atoms with van der Waals surface area (Å²) >= 11 is 1.23. The van der Waals surface area contributed by atoms with Gasteiger partial charge in [0, 0.05) is 0 Å². The molecule has 0 amide bonds. The predicted molar refractivity (Wildman–Crippen MR) is 101 cm³/mol. The van der Waals surface area contributed by atoms with Crippen LogP contribution in [0.15, 0.2) is 53.7 Å². The van der Waals surface area contributed by atoms with E-state index < -0.39 is 6.55 Å². The Balaban J connectivity index is 1.64. The Morgan fingerprint density at radius 1 is 1.11 bits per heavy atom. The fraction of sp³-hybridized carbons (Fsp3) is 0.222. The lowest BCUT2D eigenvalue weighted by Gasteiger charge is -2.11. The third kappa shape index (κ3) is 3.42. The molecule has 7 nitrogen and oxygen atoms in total. The van der Waals surface area contributed by atoms with Crippen molar-refractivity contribution in [1.29, 1.82) is 0 Å². The maximum absolute atomic E-state index is 13.6. The average molecular weight is 402 g/mol. The second-order valence-electron chi connectivity index (χ2n) is 5.73. The lowest BCUT2D eigenvalue weighted by molar-refractivity contribution is 0.0722. The Kier molecular flexibility index (Phi) is 5.20. The fourth-order valence-electron chi connectivity index (χ4n) is 2.87. The summed E-state index contributed by atoms with van der Waals surface area (Å²) in [5.74, 6) is 1.09. The van der Waals surface area contributed by atoms with Gasteiger partial charge in [-0.1, -0.05) is 36.0 Å². The summed E-state index contributed by atoms with van der Waals surface area (Å²) in [5.41, 5.74) is 1.60. The molecule has 2 heterocycles. The number of nitrogens with zero attached hydrogens (tertiary/aromatic N) is 6. The number of benzene rings is 2. The molecule has 2 aromatic carbocycles. The zero-order valence-electron chi connectivity index (χ0n) is 14.9. The molecule has 0 aliphatic heterocycles. The molecule has 0 fully saturated rings. The Morgan fingerprint density at radius 3 is 2.71 bits per heavy atom. The van der Waals surface area contributed by atoms with E-state index in [1.54, 1.807) is 24.3 Å². The predicted octanol–water partition coefficient (Wildman–Crippen LogP) is 4.10. The number of hydrogen-bond acceptors (Lipinski definition) is 6. The molecule has 4 rings (SSSR count). The largest absolute Gasteiger partial charge is 0.492 e. The minimum atomic E-state index is -2.68. The van der Waals surface area contributed by atoms with E-state index in [-0.39, 0.29) is 11.6 Å². The van der Waals surface area contributed by atoms with Gasteiger partial charge in [0.2, 0.25) is 5.16 Å². The molecule has 0 saturated heterocycles. The number of fused-ring (bicyclic) bond motifs is 1. The zero-order chi connectivity index (χ0) is 19.5. The summed E-state index contributed by atoms with van der Waals surface area (Å²) in [6.45, 7) is -0.293. The van der Waals surface area contributed by atoms with Gasteiger partial charge in [0.1, 0.15) is 17.3 Å². The van der Waals surface area contributed by atoms with Crippen LogP contribution in [0.5, 0.6) is 5.75 Å². The Bertz CT molecular complexity index is 1100. The molecule has 4 aromatic rings. The number of halogens is 2. The third-order valence-electron chi connectivity index (χ3n) is 4.03. The van der Waals surface area contributed by atoms with E-state index in [0.29, 0.717) is 34.2 Å². The van der Waals surface area contributed by atoms with Crippen LogP contribution < -0.4 is 4.74 Å². The van der Waals surface area contributed by atoms with Gasteiger partial charge in [-0.05, 0) is 41.6 Å². The number of aromatic nitrogens is 6. The summed E-state index contributed by atoms with van der Waals surface area (Å²) in [7, 11) is 0. The molecular weight excluding hydrogens is 386 g/mol. The second kappa shape index (κ2) is 7.93. The van der Waals surface area contributed by atoms with E-state index in [9.17, 15) is 8.78 Å². The molecule has 144 valence electrons. The van der Waals surface area contributed by atoms with Crippen molar-refractivity contribution >= 4 is 22.8 Å². The van der Waals surface area contributed by atoms with Crippen LogP contribution in [0.25, 0.3) is 16.7 Å². The first kappa shape index (κ1) is 18.4. The smallest absolute Gasteiger partial charge is 0.320 e. The van der Waals surface area contributed by atoms with Crippen molar-refractivity contribution in [3.8, 4) is 11.4 Å². The monoisotopic (exact) mass is 402 g/mol. The number of rotatable bonds is 7. The van der Waals surface area contributed by atoms with Gasteiger partial charge in [0.05, 0.1) is 23.4 Å². The van der Waals surface area contributed by atoms with Crippen LogP contribution in [0, 0.1) is 0 Å². The summed E-state index contributed by atoms with van der Waals surface area (Å²) < 4.78 is 35.3. The van der Waals surface area contributed by atoms with Crippen molar-refractivity contribution in [2.45, 2.75) is 24.4 Å². The van der Waals surface area contributed by atoms with E-state index in [0.717, 1.165) is 4.57 Å². The SMILES string of the molecule is CCOc1ccccc1-n1nnnc1SCc1nc2ccccc2n1C(F)F. The van der Waals surface area contributed by atoms with E-state index in [4.69, 9.17) is 4.74 Å². The number of para-hydroxylation sites is 4. The van der Waals surface area contributed by atoms with Crippen LogP contribution in [0.3, 0.4) is 0 Å². The van der Waals surface area contributed by atoms with E-state index in [2.05, 4.69) is 20.5 Å². The lowest BCUT2D eigenvalue weighted by Crippen LogP contribution is -2.05. The maximum atomic E-state index is 13.6. The van der Waals surface area contributed by atoms with Crippen LogP contribution >= 0.6 is 11.8 Å². The molecular formula is C18H16F2N6OS. The highest BCUT2D eigenvalue weighted by molar-refractivity contribution is 7.98. The standard InChI is InChI=1S/C18H16F2N6OS/c1-2-27-15-10-6-5-9-14(15)26-18(22-23-24-26)28-11-16-21-12-7-3-4-8-13(12)25(16)17(19)20/h3-10,17H,2,11H2,1H3. The number of imidazole rings is 1. The van der Waals surface area contributed by atoms with Crippen LogP contribution in [0.4, 0.5) is 8.78 Å². The Labute approximate surface area is 163 Å². The molecule has 0 spiro atoms. The highest BCUT2D eigenvalue weighted by atomic mass is 32.2. The summed E-state index contributed by atoms with van der Waals surface area (Å²) in [6.07, 6.45) is 0. The van der Waals surface area contributed by atoms with Gasteiger partial charge in [-0.2, -0.15) is 13.5 Å². The van der Waals surface area contributed by atoms with Crippen molar-refractivity contribution in [1.82, 2.24) is 29.8 Å². The molecule has 0 N–H and O–H groups in total. The number of hydrogen-bond donors (Lipinski definition) is 0. The minimum absolute atomic E-state index is 0.191. The Hall–Kier alpha value is -3.01. The first-order chi connectivity index (χ1) is 13.7. The van der Waals surface area contributed by atoms with Gasteiger partial charge in [0.15, 0.2) is 0 Å². The summed E-state index contributed by atoms with van der Waals surface area (Å²) in [5, 5.41) is 12.2. The normalized spacial score (nSPS) is 11.4. The number of thioether (sulfide) groups is 1. The van der Waals surface area contributed by atoms with E-state index in [1.165, 1.54) is 16.4 Å². The first-order valence-corrected chi connectivity index (χ1v) is 9.55. The highest BCUT2D eigenvalue weighted by Crippen LogP contribution is 2.30. The van der Waals surface area contributed by atoms with Gasteiger partial charge < -0.3 is 4.74 Å². The molecule has 0 bridgehead atoms. The molecule has 0 aliphatic rings. The lowest BCUT2D eigenvalue weighted by atomic mass is 10.3. The number of tetrazole rings is 1.